The van der Waals surface area contributed by atoms with Crippen LogP contribution in [-0.4, -0.2) is 9.55 Å². The molecule has 1 aromatic rings. The van der Waals surface area contributed by atoms with Crippen LogP contribution in [0.25, 0.3) is 0 Å². The van der Waals surface area contributed by atoms with Gasteiger partial charge in [-0.2, -0.15) is 5.26 Å². The summed E-state index contributed by atoms with van der Waals surface area (Å²) in [6.07, 6.45) is 11.5. The van der Waals surface area contributed by atoms with Crippen molar-refractivity contribution in [1.29, 1.82) is 5.26 Å². The van der Waals surface area contributed by atoms with E-state index in [4.69, 9.17) is 0 Å². The highest BCUT2D eigenvalue weighted by Crippen LogP contribution is 2.40. The predicted octanol–water partition coefficient (Wildman–Crippen LogP) is 3.65. The first-order valence-corrected chi connectivity index (χ1v) is 7.77. The van der Waals surface area contributed by atoms with Crippen molar-refractivity contribution in [3.8, 4) is 6.07 Å². The smallest absolute Gasteiger partial charge is 0.0954 e. The molecule has 3 heteroatoms. The number of hydrogen-bond donors (Lipinski definition) is 0. The van der Waals surface area contributed by atoms with Gasteiger partial charge in [0.2, 0.25) is 0 Å². The largest absolute Gasteiger partial charge is 0.330 e. The van der Waals surface area contributed by atoms with Crippen LogP contribution in [0.5, 0.6) is 0 Å². The van der Waals surface area contributed by atoms with Crippen molar-refractivity contribution in [3.63, 3.8) is 0 Å². The van der Waals surface area contributed by atoms with Gasteiger partial charge >= 0.3 is 0 Å². The highest BCUT2D eigenvalue weighted by Gasteiger charge is 2.33. The zero-order chi connectivity index (χ0) is 13.2. The monoisotopic (exact) mass is 257 g/mol. The lowest BCUT2D eigenvalue weighted by Crippen LogP contribution is -2.28. The molecule has 1 heterocycles. The summed E-state index contributed by atoms with van der Waals surface area (Å²) in [7, 11) is 0. The van der Waals surface area contributed by atoms with Crippen LogP contribution in [0.3, 0.4) is 0 Å². The Morgan fingerprint density at radius 1 is 1.37 bits per heavy atom. The summed E-state index contributed by atoms with van der Waals surface area (Å²) in [6, 6.07) is 2.92. The van der Waals surface area contributed by atoms with E-state index < -0.39 is 0 Å². The Morgan fingerprint density at radius 2 is 2.21 bits per heavy atom. The maximum absolute atomic E-state index is 9.44. The van der Waals surface area contributed by atoms with Crippen LogP contribution in [0.4, 0.5) is 0 Å². The van der Waals surface area contributed by atoms with Gasteiger partial charge in [0.05, 0.1) is 30.1 Å². The van der Waals surface area contributed by atoms with Crippen LogP contribution >= 0.6 is 0 Å². The zero-order valence-corrected chi connectivity index (χ0v) is 11.8. The molecule has 0 bridgehead atoms. The maximum atomic E-state index is 9.44. The minimum atomic E-state index is 0.183. The summed E-state index contributed by atoms with van der Waals surface area (Å²) < 4.78 is 2.37. The fourth-order valence-corrected chi connectivity index (χ4v) is 3.84. The number of aromatic nitrogens is 2. The van der Waals surface area contributed by atoms with Crippen LogP contribution in [0.2, 0.25) is 0 Å². The number of imidazole rings is 1. The van der Waals surface area contributed by atoms with Crippen molar-refractivity contribution >= 4 is 0 Å². The molecular weight excluding hydrogens is 234 g/mol. The molecular formula is C16H23N3. The number of fused-ring (bicyclic) bond motifs is 1. The second-order valence-corrected chi connectivity index (χ2v) is 6.14. The number of aryl methyl sites for hydroxylation is 1. The zero-order valence-electron chi connectivity index (χ0n) is 11.8. The fourth-order valence-electron chi connectivity index (χ4n) is 3.84. The highest BCUT2D eigenvalue weighted by molar-refractivity contribution is 5.18. The summed E-state index contributed by atoms with van der Waals surface area (Å²) in [5, 5.41) is 9.44. The molecule has 102 valence electrons. The van der Waals surface area contributed by atoms with Gasteiger partial charge in [0.25, 0.3) is 0 Å². The summed E-state index contributed by atoms with van der Waals surface area (Å²) >= 11 is 0. The van der Waals surface area contributed by atoms with Gasteiger partial charge in [0.15, 0.2) is 0 Å². The number of nitriles is 1. The van der Waals surface area contributed by atoms with Crippen LogP contribution in [-0.2, 0) is 12.8 Å². The lowest BCUT2D eigenvalue weighted by Gasteiger charge is -2.34. The van der Waals surface area contributed by atoms with Gasteiger partial charge in [-0.15, -0.1) is 0 Å². The topological polar surface area (TPSA) is 41.6 Å². The predicted molar refractivity (Wildman–Crippen MR) is 74.6 cm³/mol. The minimum Gasteiger partial charge on any atom is -0.330 e. The molecule has 2 aliphatic rings. The molecule has 0 radical (unpaired) electrons. The molecule has 3 unspecified atom stereocenters. The third-order valence-corrected chi connectivity index (χ3v) is 5.09. The second-order valence-electron chi connectivity index (χ2n) is 6.14. The molecule has 1 saturated carbocycles. The van der Waals surface area contributed by atoms with Crippen LogP contribution in [0, 0.1) is 23.2 Å². The Balaban J connectivity index is 1.90. The molecule has 0 spiro atoms. The van der Waals surface area contributed by atoms with Crippen molar-refractivity contribution in [2.24, 2.45) is 11.8 Å². The van der Waals surface area contributed by atoms with Crippen molar-refractivity contribution in [2.75, 3.05) is 0 Å². The highest BCUT2D eigenvalue weighted by atomic mass is 15.1. The van der Waals surface area contributed by atoms with E-state index in [0.717, 1.165) is 31.6 Å². The molecule has 2 aliphatic carbocycles. The van der Waals surface area contributed by atoms with E-state index in [1.807, 2.05) is 6.33 Å². The Labute approximate surface area is 115 Å². The molecule has 0 saturated heterocycles. The normalized spacial score (nSPS) is 30.6. The molecule has 3 rings (SSSR count). The molecule has 0 aromatic carbocycles. The average molecular weight is 257 g/mol. The lowest BCUT2D eigenvalue weighted by molar-refractivity contribution is 0.212. The number of hydrogen-bond acceptors (Lipinski definition) is 2. The Morgan fingerprint density at radius 3 is 3.00 bits per heavy atom. The standard InChI is InChI=1S/C16H23N3/c1-2-12-7-8-13(10-17)16(9-12)19-11-18-14-5-3-4-6-15(14)19/h11-13,16H,2-9H2,1H3. The van der Waals surface area contributed by atoms with Gasteiger partial charge in [-0.1, -0.05) is 13.3 Å². The lowest BCUT2D eigenvalue weighted by atomic mass is 9.77. The molecule has 0 aliphatic heterocycles. The first kappa shape index (κ1) is 12.7. The van der Waals surface area contributed by atoms with Crippen molar-refractivity contribution < 1.29 is 0 Å². The minimum absolute atomic E-state index is 0.183. The van der Waals surface area contributed by atoms with E-state index in [1.165, 1.54) is 37.1 Å². The van der Waals surface area contributed by atoms with E-state index in [9.17, 15) is 5.26 Å². The summed E-state index contributed by atoms with van der Waals surface area (Å²) in [5.41, 5.74) is 2.72. The van der Waals surface area contributed by atoms with Crippen molar-refractivity contribution in [3.05, 3.63) is 17.7 Å². The average Bonchev–Trinajstić information content (AvgIpc) is 2.90. The van der Waals surface area contributed by atoms with Crippen molar-refractivity contribution in [1.82, 2.24) is 9.55 Å². The van der Waals surface area contributed by atoms with E-state index >= 15 is 0 Å². The molecule has 3 atom stereocenters. The molecule has 19 heavy (non-hydrogen) atoms. The fraction of sp³-hybridized carbons (Fsp3) is 0.750. The Hall–Kier alpha value is -1.30. The van der Waals surface area contributed by atoms with Crippen LogP contribution in [0.15, 0.2) is 6.33 Å². The summed E-state index contributed by atoms with van der Waals surface area (Å²) in [6.45, 7) is 2.28. The maximum Gasteiger partial charge on any atom is 0.0954 e. The number of nitrogens with zero attached hydrogens (tertiary/aromatic N) is 3. The first-order valence-electron chi connectivity index (χ1n) is 7.77. The number of rotatable bonds is 2. The van der Waals surface area contributed by atoms with Gasteiger partial charge < -0.3 is 4.57 Å². The molecule has 1 fully saturated rings. The van der Waals surface area contributed by atoms with E-state index in [1.54, 1.807) is 0 Å². The van der Waals surface area contributed by atoms with Gasteiger partial charge in [0.1, 0.15) is 0 Å². The third-order valence-electron chi connectivity index (χ3n) is 5.09. The van der Waals surface area contributed by atoms with Gasteiger partial charge in [-0.3, -0.25) is 0 Å². The summed E-state index contributed by atoms with van der Waals surface area (Å²) in [4.78, 5) is 4.61. The molecule has 3 nitrogen and oxygen atoms in total. The van der Waals surface area contributed by atoms with Crippen molar-refractivity contribution in [2.45, 2.75) is 64.3 Å². The molecule has 0 amide bonds. The SMILES string of the molecule is CCC1CCC(C#N)C(n2cnc3c2CCCC3)C1. The quantitative estimate of drug-likeness (QED) is 0.811. The van der Waals surface area contributed by atoms with E-state index in [-0.39, 0.29) is 5.92 Å². The van der Waals surface area contributed by atoms with Gasteiger partial charge in [-0.05, 0) is 50.9 Å². The second kappa shape index (κ2) is 5.36. The Kier molecular flexibility index (Phi) is 3.59. The third kappa shape index (κ3) is 2.29. The van der Waals surface area contributed by atoms with Crippen LogP contribution in [0.1, 0.15) is 62.9 Å². The Bertz CT molecular complexity index is 483. The van der Waals surface area contributed by atoms with E-state index in [0.29, 0.717) is 6.04 Å². The summed E-state index contributed by atoms with van der Waals surface area (Å²) in [5.74, 6) is 0.972. The van der Waals surface area contributed by atoms with E-state index in [2.05, 4.69) is 22.5 Å². The van der Waals surface area contributed by atoms with Crippen LogP contribution < -0.4 is 0 Å². The first-order chi connectivity index (χ1) is 9.33. The molecule has 1 aromatic heterocycles. The molecule has 0 N–H and O–H groups in total. The van der Waals surface area contributed by atoms with Gasteiger partial charge in [0, 0.05) is 5.69 Å². The van der Waals surface area contributed by atoms with Gasteiger partial charge in [-0.25, -0.2) is 4.98 Å².